The molecular weight excluding hydrogens is 264 g/mol. The normalized spacial score (nSPS) is 10.5. The molecule has 0 saturated heterocycles. The van der Waals surface area contributed by atoms with Crippen LogP contribution in [0.1, 0.15) is 15.9 Å². The highest BCUT2D eigenvalue weighted by atomic mass is 16.4. The fourth-order valence-corrected chi connectivity index (χ4v) is 2.25. The third kappa shape index (κ3) is 2.56. The average Bonchev–Trinajstić information content (AvgIpc) is 2.97. The number of aromatic nitrogens is 2. The van der Waals surface area contributed by atoms with Crippen molar-refractivity contribution in [2.45, 2.75) is 6.92 Å². The summed E-state index contributed by atoms with van der Waals surface area (Å²) in [5.41, 5.74) is 3.81. The lowest BCUT2D eigenvalue weighted by Crippen LogP contribution is -2.06. The SMILES string of the molecule is Cc1ccc(C(=O)O)c(-n2cc(-c3ccccc3)cn2)c1. The van der Waals surface area contributed by atoms with Crippen molar-refractivity contribution >= 4 is 5.97 Å². The Morgan fingerprint density at radius 3 is 2.57 bits per heavy atom. The minimum atomic E-state index is -0.957. The van der Waals surface area contributed by atoms with Crippen molar-refractivity contribution in [1.29, 1.82) is 0 Å². The molecule has 1 N–H and O–H groups in total. The van der Waals surface area contributed by atoms with Gasteiger partial charge in [0.1, 0.15) is 0 Å². The summed E-state index contributed by atoms with van der Waals surface area (Å²) >= 11 is 0. The molecular formula is C17H14N2O2. The Morgan fingerprint density at radius 2 is 1.86 bits per heavy atom. The van der Waals surface area contributed by atoms with Crippen molar-refractivity contribution in [3.63, 3.8) is 0 Å². The van der Waals surface area contributed by atoms with Crippen LogP contribution in [-0.2, 0) is 0 Å². The standard InChI is InChI=1S/C17H14N2O2/c1-12-7-8-15(17(20)21)16(9-12)19-11-14(10-18-19)13-5-3-2-4-6-13/h2-11H,1H3,(H,20,21). The fraction of sp³-hybridized carbons (Fsp3) is 0.0588. The molecule has 104 valence electrons. The second-order valence-electron chi connectivity index (χ2n) is 4.87. The Labute approximate surface area is 122 Å². The van der Waals surface area contributed by atoms with Gasteiger partial charge in [-0.15, -0.1) is 0 Å². The molecule has 1 aromatic heterocycles. The first-order valence-corrected chi connectivity index (χ1v) is 6.59. The predicted molar refractivity (Wildman–Crippen MR) is 80.7 cm³/mol. The lowest BCUT2D eigenvalue weighted by Gasteiger charge is -2.07. The van der Waals surface area contributed by atoms with Crippen molar-refractivity contribution in [3.8, 4) is 16.8 Å². The van der Waals surface area contributed by atoms with Crippen LogP contribution >= 0.6 is 0 Å². The number of hydrogen-bond acceptors (Lipinski definition) is 2. The Balaban J connectivity index is 2.08. The van der Waals surface area contributed by atoms with Crippen LogP contribution < -0.4 is 0 Å². The second-order valence-corrected chi connectivity index (χ2v) is 4.87. The largest absolute Gasteiger partial charge is 0.478 e. The summed E-state index contributed by atoms with van der Waals surface area (Å²) in [5, 5.41) is 13.6. The van der Waals surface area contributed by atoms with Gasteiger partial charge < -0.3 is 5.11 Å². The molecule has 0 radical (unpaired) electrons. The minimum absolute atomic E-state index is 0.239. The van der Waals surface area contributed by atoms with Gasteiger partial charge in [-0.2, -0.15) is 5.10 Å². The second kappa shape index (κ2) is 5.25. The van der Waals surface area contributed by atoms with Crippen molar-refractivity contribution in [1.82, 2.24) is 9.78 Å². The smallest absolute Gasteiger partial charge is 0.337 e. The molecule has 0 aliphatic rings. The van der Waals surface area contributed by atoms with E-state index in [1.54, 1.807) is 23.0 Å². The third-order valence-corrected chi connectivity index (χ3v) is 3.32. The average molecular weight is 278 g/mol. The molecule has 0 saturated carbocycles. The van der Waals surface area contributed by atoms with Crippen LogP contribution in [0.15, 0.2) is 60.9 Å². The summed E-state index contributed by atoms with van der Waals surface area (Å²) in [4.78, 5) is 11.3. The molecule has 2 aromatic carbocycles. The summed E-state index contributed by atoms with van der Waals surface area (Å²) in [6.45, 7) is 1.93. The third-order valence-electron chi connectivity index (χ3n) is 3.32. The molecule has 3 rings (SSSR count). The molecule has 0 atom stereocenters. The highest BCUT2D eigenvalue weighted by Crippen LogP contribution is 2.22. The van der Waals surface area contributed by atoms with E-state index in [4.69, 9.17) is 0 Å². The van der Waals surface area contributed by atoms with E-state index in [2.05, 4.69) is 5.10 Å². The van der Waals surface area contributed by atoms with E-state index in [0.717, 1.165) is 16.7 Å². The van der Waals surface area contributed by atoms with Gasteiger partial charge in [0.05, 0.1) is 17.4 Å². The van der Waals surface area contributed by atoms with Gasteiger partial charge in [0.15, 0.2) is 0 Å². The van der Waals surface area contributed by atoms with Crippen molar-refractivity contribution in [2.75, 3.05) is 0 Å². The first kappa shape index (κ1) is 13.1. The zero-order valence-corrected chi connectivity index (χ0v) is 11.5. The predicted octanol–water partition coefficient (Wildman–Crippen LogP) is 3.55. The Kier molecular flexibility index (Phi) is 3.28. The van der Waals surface area contributed by atoms with E-state index in [0.29, 0.717) is 5.69 Å². The van der Waals surface area contributed by atoms with Crippen LogP contribution in [0.2, 0.25) is 0 Å². The van der Waals surface area contributed by atoms with E-state index in [1.165, 1.54) is 0 Å². The summed E-state index contributed by atoms with van der Waals surface area (Å²) in [6.07, 6.45) is 3.58. The lowest BCUT2D eigenvalue weighted by atomic mass is 10.1. The van der Waals surface area contributed by atoms with Gasteiger partial charge in [-0.05, 0) is 30.2 Å². The number of rotatable bonds is 3. The number of carbonyl (C=O) groups is 1. The van der Waals surface area contributed by atoms with E-state index in [9.17, 15) is 9.90 Å². The van der Waals surface area contributed by atoms with E-state index >= 15 is 0 Å². The van der Waals surface area contributed by atoms with E-state index < -0.39 is 5.97 Å². The fourth-order valence-electron chi connectivity index (χ4n) is 2.25. The molecule has 0 spiro atoms. The molecule has 0 aliphatic carbocycles. The highest BCUT2D eigenvalue weighted by Gasteiger charge is 2.13. The maximum atomic E-state index is 11.3. The van der Waals surface area contributed by atoms with Gasteiger partial charge in [-0.25, -0.2) is 9.48 Å². The van der Waals surface area contributed by atoms with Crippen molar-refractivity contribution in [2.24, 2.45) is 0 Å². The zero-order chi connectivity index (χ0) is 14.8. The number of hydrogen-bond donors (Lipinski definition) is 1. The first-order valence-electron chi connectivity index (χ1n) is 6.59. The molecule has 0 fully saturated rings. The summed E-state index contributed by atoms with van der Waals surface area (Å²) in [6, 6.07) is 15.1. The summed E-state index contributed by atoms with van der Waals surface area (Å²) in [7, 11) is 0. The molecule has 0 unspecified atom stereocenters. The van der Waals surface area contributed by atoms with Gasteiger partial charge in [-0.3, -0.25) is 0 Å². The van der Waals surface area contributed by atoms with Crippen LogP contribution in [0, 0.1) is 6.92 Å². The van der Waals surface area contributed by atoms with Crippen LogP contribution in [0.25, 0.3) is 16.8 Å². The molecule has 21 heavy (non-hydrogen) atoms. The van der Waals surface area contributed by atoms with Gasteiger partial charge in [0, 0.05) is 11.8 Å². The Bertz CT molecular complexity index is 792. The Morgan fingerprint density at radius 1 is 1.10 bits per heavy atom. The number of aromatic carboxylic acids is 1. The van der Waals surface area contributed by atoms with Crippen molar-refractivity contribution < 1.29 is 9.90 Å². The maximum absolute atomic E-state index is 11.3. The molecule has 4 heteroatoms. The van der Waals surface area contributed by atoms with Gasteiger partial charge >= 0.3 is 5.97 Å². The number of nitrogens with zero attached hydrogens (tertiary/aromatic N) is 2. The van der Waals surface area contributed by atoms with Crippen LogP contribution in [0.5, 0.6) is 0 Å². The lowest BCUT2D eigenvalue weighted by molar-refractivity contribution is 0.0696. The number of carboxylic acids is 1. The molecule has 0 aliphatic heterocycles. The monoisotopic (exact) mass is 278 g/mol. The highest BCUT2D eigenvalue weighted by molar-refractivity contribution is 5.92. The zero-order valence-electron chi connectivity index (χ0n) is 11.5. The van der Waals surface area contributed by atoms with Crippen LogP contribution in [0.3, 0.4) is 0 Å². The number of carboxylic acid groups (broad SMARTS) is 1. The first-order chi connectivity index (χ1) is 10.1. The molecule has 1 heterocycles. The summed E-state index contributed by atoms with van der Waals surface area (Å²) < 4.78 is 1.61. The molecule has 0 amide bonds. The number of benzene rings is 2. The molecule has 3 aromatic rings. The quantitative estimate of drug-likeness (QED) is 0.797. The number of aryl methyl sites for hydroxylation is 1. The van der Waals surface area contributed by atoms with E-state index in [-0.39, 0.29) is 5.56 Å². The topological polar surface area (TPSA) is 55.1 Å². The van der Waals surface area contributed by atoms with Crippen LogP contribution in [0.4, 0.5) is 0 Å². The Hall–Kier alpha value is -2.88. The van der Waals surface area contributed by atoms with E-state index in [1.807, 2.05) is 49.5 Å². The molecule has 0 bridgehead atoms. The summed E-state index contributed by atoms with van der Waals surface area (Å²) in [5.74, 6) is -0.957. The maximum Gasteiger partial charge on any atom is 0.337 e. The van der Waals surface area contributed by atoms with Crippen molar-refractivity contribution in [3.05, 3.63) is 72.1 Å². The molecule has 4 nitrogen and oxygen atoms in total. The van der Waals surface area contributed by atoms with Gasteiger partial charge in [-0.1, -0.05) is 36.4 Å². The van der Waals surface area contributed by atoms with Crippen LogP contribution in [-0.4, -0.2) is 20.9 Å². The van der Waals surface area contributed by atoms with Gasteiger partial charge in [0.2, 0.25) is 0 Å². The minimum Gasteiger partial charge on any atom is -0.478 e. The van der Waals surface area contributed by atoms with Gasteiger partial charge in [0.25, 0.3) is 0 Å².